The van der Waals surface area contributed by atoms with E-state index in [2.05, 4.69) is 25.7 Å². The van der Waals surface area contributed by atoms with Crippen LogP contribution in [-0.2, 0) is 10.1 Å². The van der Waals surface area contributed by atoms with Gasteiger partial charge < -0.3 is 4.74 Å². The topological polar surface area (TPSA) is 39.2 Å². The molecule has 1 aromatic heterocycles. The van der Waals surface area contributed by atoms with Crippen molar-refractivity contribution in [2.75, 3.05) is 7.11 Å². The molecule has 88 valence electrons. The number of carbonyl (C=O) groups excluding carboxylic acids is 1. The molecule has 0 fully saturated rings. The third kappa shape index (κ3) is 2.52. The Bertz CT molecular complexity index is 412. The predicted octanol–water partition coefficient (Wildman–Crippen LogP) is 2.84. The summed E-state index contributed by atoms with van der Waals surface area (Å²) >= 11 is 2.95. The molecule has 0 aliphatic carbocycles. The van der Waals surface area contributed by atoms with Crippen LogP contribution in [0.25, 0.3) is 0 Å². The van der Waals surface area contributed by atoms with Crippen LogP contribution in [0.3, 0.4) is 0 Å². The maximum Gasteiger partial charge on any atom is 0.357 e. The summed E-state index contributed by atoms with van der Waals surface area (Å²) in [6.07, 6.45) is -2.88. The van der Waals surface area contributed by atoms with E-state index in [4.69, 9.17) is 0 Å². The normalized spacial score (nSPS) is 10.6. The summed E-state index contributed by atoms with van der Waals surface area (Å²) < 4.78 is 42.4. The van der Waals surface area contributed by atoms with Gasteiger partial charge in [0.2, 0.25) is 5.95 Å². The number of aromatic nitrogens is 1. The minimum atomic E-state index is -2.88. The van der Waals surface area contributed by atoms with Crippen LogP contribution < -0.4 is 0 Å². The molecule has 1 rings (SSSR count). The zero-order valence-electron chi connectivity index (χ0n) is 8.14. The highest BCUT2D eigenvalue weighted by Gasteiger charge is 2.23. The molecule has 1 heterocycles. The average Bonchev–Trinajstić information content (AvgIpc) is 2.26. The Balaban J connectivity index is 3.41. The highest BCUT2D eigenvalue weighted by atomic mass is 79.9. The number of hydrogen-bond donors (Lipinski definition) is 0. The number of esters is 1. The van der Waals surface area contributed by atoms with Gasteiger partial charge in [-0.3, -0.25) is 0 Å². The number of hydrogen-bond acceptors (Lipinski definition) is 3. The van der Waals surface area contributed by atoms with Crippen molar-refractivity contribution in [2.45, 2.75) is 11.8 Å². The Morgan fingerprint density at radius 3 is 2.69 bits per heavy atom. The minimum Gasteiger partial charge on any atom is -0.464 e. The van der Waals surface area contributed by atoms with Gasteiger partial charge in [0.1, 0.15) is 0 Å². The van der Waals surface area contributed by atoms with E-state index in [9.17, 15) is 18.0 Å². The highest BCUT2D eigenvalue weighted by molar-refractivity contribution is 9.08. The summed E-state index contributed by atoms with van der Waals surface area (Å²) in [4.78, 5) is 14.5. The molecule has 7 heteroatoms. The number of pyridine rings is 1. The van der Waals surface area contributed by atoms with Crippen LogP contribution >= 0.6 is 15.9 Å². The summed E-state index contributed by atoms with van der Waals surface area (Å²) in [6, 6.07) is 0.605. The van der Waals surface area contributed by atoms with Crippen LogP contribution in [0.15, 0.2) is 6.07 Å². The summed E-state index contributed by atoms with van der Waals surface area (Å²) in [5.41, 5.74) is -1.07. The Hall–Kier alpha value is -1.11. The highest BCUT2D eigenvalue weighted by Crippen LogP contribution is 2.27. The fourth-order valence-electron chi connectivity index (χ4n) is 1.16. The molecule has 0 aliphatic heterocycles. The SMILES string of the molecule is COC(=O)c1nc(F)cc(C(F)F)c1CBr. The smallest absolute Gasteiger partial charge is 0.357 e. The van der Waals surface area contributed by atoms with Crippen molar-refractivity contribution in [1.82, 2.24) is 4.98 Å². The van der Waals surface area contributed by atoms with Crippen LogP contribution in [0.1, 0.15) is 28.0 Å². The molecule has 0 unspecified atom stereocenters. The molecule has 16 heavy (non-hydrogen) atoms. The lowest BCUT2D eigenvalue weighted by Gasteiger charge is -2.10. The first-order chi connectivity index (χ1) is 7.51. The summed E-state index contributed by atoms with van der Waals surface area (Å²) in [6.45, 7) is 0. The second-order valence-electron chi connectivity index (χ2n) is 2.79. The molecule has 0 saturated heterocycles. The predicted molar refractivity (Wildman–Crippen MR) is 53.1 cm³/mol. The van der Waals surface area contributed by atoms with Crippen LogP contribution in [0.2, 0.25) is 0 Å². The third-order valence-electron chi connectivity index (χ3n) is 1.87. The molecule has 0 atom stereocenters. The number of nitrogens with zero attached hydrogens (tertiary/aromatic N) is 1. The summed E-state index contributed by atoms with van der Waals surface area (Å²) in [5.74, 6) is -2.09. The van der Waals surface area contributed by atoms with Crippen molar-refractivity contribution in [2.24, 2.45) is 0 Å². The van der Waals surface area contributed by atoms with Gasteiger partial charge in [-0.1, -0.05) is 15.9 Å². The molecule has 1 aromatic rings. The van der Waals surface area contributed by atoms with Gasteiger partial charge in [-0.15, -0.1) is 0 Å². The van der Waals surface area contributed by atoms with Crippen LogP contribution in [0.4, 0.5) is 13.2 Å². The molecule has 3 nitrogen and oxygen atoms in total. The van der Waals surface area contributed by atoms with Crippen LogP contribution in [0.5, 0.6) is 0 Å². The fraction of sp³-hybridized carbons (Fsp3) is 0.333. The Labute approximate surface area is 97.8 Å². The molecule has 0 saturated carbocycles. The Morgan fingerprint density at radius 1 is 1.62 bits per heavy atom. The molecule has 0 N–H and O–H groups in total. The molecule has 0 aliphatic rings. The third-order valence-corrected chi connectivity index (χ3v) is 2.44. The van der Waals surface area contributed by atoms with Gasteiger partial charge in [0.15, 0.2) is 5.69 Å². The monoisotopic (exact) mass is 297 g/mol. The number of ether oxygens (including phenoxy) is 1. The van der Waals surface area contributed by atoms with Crippen molar-refractivity contribution >= 4 is 21.9 Å². The van der Waals surface area contributed by atoms with E-state index in [1.54, 1.807) is 0 Å². The van der Waals surface area contributed by atoms with E-state index in [1.165, 1.54) is 0 Å². The zero-order chi connectivity index (χ0) is 12.3. The van der Waals surface area contributed by atoms with Gasteiger partial charge in [0.05, 0.1) is 7.11 Å². The lowest BCUT2D eigenvalue weighted by atomic mass is 10.1. The Morgan fingerprint density at radius 2 is 2.25 bits per heavy atom. The summed E-state index contributed by atoms with van der Waals surface area (Å²) in [5, 5.41) is -0.0373. The molecular formula is C9H7BrF3NO2. The van der Waals surface area contributed by atoms with E-state index in [1.807, 2.05) is 0 Å². The van der Waals surface area contributed by atoms with Crippen molar-refractivity contribution in [1.29, 1.82) is 0 Å². The molecule has 0 bridgehead atoms. The molecule has 0 spiro atoms. The van der Waals surface area contributed by atoms with Crippen LogP contribution in [0, 0.1) is 5.95 Å². The van der Waals surface area contributed by atoms with E-state index in [0.717, 1.165) is 7.11 Å². The number of halogens is 4. The first kappa shape index (κ1) is 13.0. The second-order valence-corrected chi connectivity index (χ2v) is 3.35. The largest absolute Gasteiger partial charge is 0.464 e. The Kier molecular flexibility index (Phi) is 4.28. The van der Waals surface area contributed by atoms with Crippen molar-refractivity contribution in [3.05, 3.63) is 28.8 Å². The molecule has 0 aromatic carbocycles. The lowest BCUT2D eigenvalue weighted by Crippen LogP contribution is -2.12. The van der Waals surface area contributed by atoms with Gasteiger partial charge in [-0.2, -0.15) is 4.39 Å². The van der Waals surface area contributed by atoms with Crippen molar-refractivity contribution < 1.29 is 22.7 Å². The zero-order valence-corrected chi connectivity index (χ0v) is 9.72. The van der Waals surface area contributed by atoms with Gasteiger partial charge in [-0.25, -0.2) is 18.6 Å². The van der Waals surface area contributed by atoms with Gasteiger partial charge in [-0.05, 0) is 0 Å². The van der Waals surface area contributed by atoms with Crippen LogP contribution in [-0.4, -0.2) is 18.1 Å². The second kappa shape index (κ2) is 5.29. The molecule has 0 radical (unpaired) electrons. The standard InChI is InChI=1S/C9H7BrF3NO2/c1-16-9(15)7-5(3-10)4(8(12)13)2-6(11)14-7/h2,8H,3H2,1H3. The molecular weight excluding hydrogens is 291 g/mol. The van der Waals surface area contributed by atoms with Crippen molar-refractivity contribution in [3.8, 4) is 0 Å². The lowest BCUT2D eigenvalue weighted by molar-refractivity contribution is 0.0590. The number of rotatable bonds is 3. The van der Waals surface area contributed by atoms with Crippen molar-refractivity contribution in [3.63, 3.8) is 0 Å². The van der Waals surface area contributed by atoms with E-state index in [0.29, 0.717) is 6.07 Å². The first-order valence-electron chi connectivity index (χ1n) is 4.13. The van der Waals surface area contributed by atoms with Gasteiger partial charge in [0, 0.05) is 22.5 Å². The van der Waals surface area contributed by atoms with E-state index in [-0.39, 0.29) is 10.9 Å². The number of methoxy groups -OCH3 is 1. The van der Waals surface area contributed by atoms with E-state index >= 15 is 0 Å². The van der Waals surface area contributed by atoms with E-state index < -0.39 is 29.6 Å². The maximum absolute atomic E-state index is 12.9. The quantitative estimate of drug-likeness (QED) is 0.489. The maximum atomic E-state index is 12.9. The summed E-state index contributed by atoms with van der Waals surface area (Å²) in [7, 11) is 1.06. The molecule has 0 amide bonds. The average molecular weight is 298 g/mol. The minimum absolute atomic E-state index is 0.0373. The fourth-order valence-corrected chi connectivity index (χ4v) is 1.75. The number of carbonyl (C=O) groups is 1. The van der Waals surface area contributed by atoms with Gasteiger partial charge >= 0.3 is 5.97 Å². The van der Waals surface area contributed by atoms with Gasteiger partial charge in [0.25, 0.3) is 6.43 Å². The first-order valence-corrected chi connectivity index (χ1v) is 5.25. The number of alkyl halides is 3.